The smallest absolute Gasteiger partial charge is 0.261 e. The van der Waals surface area contributed by atoms with E-state index in [9.17, 15) is 9.18 Å². The molecule has 1 rings (SSSR count). The standard InChI is InChI=1S/C12H17FN4O2/c1-17(2)12(14)16-19-8-11(18)15-7-9-5-3-4-6-10(9)13/h3-6H,7-8H2,1-2H3,(H2,14,16)(H,15,18). The van der Waals surface area contributed by atoms with Gasteiger partial charge in [-0.3, -0.25) is 4.79 Å². The average Bonchev–Trinajstić information content (AvgIpc) is 2.37. The van der Waals surface area contributed by atoms with Crippen LogP contribution in [0, 0.1) is 5.82 Å². The molecule has 0 aromatic heterocycles. The van der Waals surface area contributed by atoms with Gasteiger partial charge in [0.1, 0.15) is 5.82 Å². The fourth-order valence-corrected chi connectivity index (χ4v) is 1.13. The van der Waals surface area contributed by atoms with Gasteiger partial charge in [-0.25, -0.2) is 4.39 Å². The molecule has 0 bridgehead atoms. The third-order valence-electron chi connectivity index (χ3n) is 2.25. The number of halogens is 1. The lowest BCUT2D eigenvalue weighted by Crippen LogP contribution is -2.31. The first kappa shape index (κ1) is 14.7. The third kappa shape index (κ3) is 5.24. The quantitative estimate of drug-likeness (QED) is 0.456. The Bertz CT molecular complexity index is 463. The molecule has 1 aromatic carbocycles. The van der Waals surface area contributed by atoms with Crippen molar-refractivity contribution in [2.45, 2.75) is 6.54 Å². The molecule has 19 heavy (non-hydrogen) atoms. The lowest BCUT2D eigenvalue weighted by atomic mass is 10.2. The van der Waals surface area contributed by atoms with Crippen molar-refractivity contribution in [3.05, 3.63) is 35.6 Å². The van der Waals surface area contributed by atoms with E-state index in [2.05, 4.69) is 10.5 Å². The molecule has 6 nitrogen and oxygen atoms in total. The Morgan fingerprint density at radius 3 is 2.79 bits per heavy atom. The van der Waals surface area contributed by atoms with Crippen LogP contribution >= 0.6 is 0 Å². The van der Waals surface area contributed by atoms with Crippen LogP contribution in [0.5, 0.6) is 0 Å². The summed E-state index contributed by atoms with van der Waals surface area (Å²) in [6, 6.07) is 6.21. The van der Waals surface area contributed by atoms with Crippen LogP contribution in [0.4, 0.5) is 4.39 Å². The monoisotopic (exact) mass is 268 g/mol. The minimum Gasteiger partial charge on any atom is -0.383 e. The second kappa shape index (κ2) is 7.20. The molecule has 0 heterocycles. The zero-order chi connectivity index (χ0) is 14.3. The number of nitrogens with one attached hydrogen (secondary N) is 1. The summed E-state index contributed by atoms with van der Waals surface area (Å²) in [7, 11) is 3.39. The van der Waals surface area contributed by atoms with E-state index in [1.165, 1.54) is 11.0 Å². The first-order valence-corrected chi connectivity index (χ1v) is 5.63. The van der Waals surface area contributed by atoms with Gasteiger partial charge in [-0.2, -0.15) is 0 Å². The molecule has 0 saturated heterocycles. The Balaban J connectivity index is 2.33. The van der Waals surface area contributed by atoms with Crippen LogP contribution < -0.4 is 11.1 Å². The summed E-state index contributed by atoms with van der Waals surface area (Å²) in [6.07, 6.45) is 0. The highest BCUT2D eigenvalue weighted by Gasteiger charge is 2.05. The fourth-order valence-electron chi connectivity index (χ4n) is 1.13. The molecule has 0 aliphatic heterocycles. The summed E-state index contributed by atoms with van der Waals surface area (Å²) >= 11 is 0. The van der Waals surface area contributed by atoms with Gasteiger partial charge in [-0.1, -0.05) is 18.2 Å². The van der Waals surface area contributed by atoms with Crippen molar-refractivity contribution in [2.75, 3.05) is 20.7 Å². The van der Waals surface area contributed by atoms with E-state index in [1.807, 2.05) is 0 Å². The molecule has 0 aliphatic rings. The van der Waals surface area contributed by atoms with Crippen LogP contribution in [0.1, 0.15) is 5.56 Å². The van der Waals surface area contributed by atoms with Crippen LogP contribution in [0.15, 0.2) is 29.4 Å². The maximum Gasteiger partial charge on any atom is 0.261 e. The van der Waals surface area contributed by atoms with E-state index < -0.39 is 5.91 Å². The molecule has 0 unspecified atom stereocenters. The van der Waals surface area contributed by atoms with Crippen molar-refractivity contribution in [1.29, 1.82) is 0 Å². The SMILES string of the molecule is CN(C)C(N)=NOCC(=O)NCc1ccccc1F. The number of oxime groups is 1. The van der Waals surface area contributed by atoms with Gasteiger partial charge in [-0.05, 0) is 11.2 Å². The first-order chi connectivity index (χ1) is 9.00. The van der Waals surface area contributed by atoms with Gasteiger partial charge in [0.15, 0.2) is 6.61 Å². The second-order valence-corrected chi connectivity index (χ2v) is 3.99. The van der Waals surface area contributed by atoms with Crippen LogP contribution in [-0.4, -0.2) is 37.5 Å². The average molecular weight is 268 g/mol. The Labute approximate surface area is 111 Å². The van der Waals surface area contributed by atoms with E-state index >= 15 is 0 Å². The van der Waals surface area contributed by atoms with Gasteiger partial charge in [0.05, 0.1) is 0 Å². The Kier molecular flexibility index (Phi) is 5.59. The molecule has 1 amide bonds. The van der Waals surface area contributed by atoms with Crippen LogP contribution in [-0.2, 0) is 16.2 Å². The number of hydrogen-bond donors (Lipinski definition) is 2. The van der Waals surface area contributed by atoms with E-state index in [0.717, 1.165) is 0 Å². The lowest BCUT2D eigenvalue weighted by molar-refractivity contribution is -0.125. The number of carbonyl (C=O) groups excluding carboxylic acids is 1. The summed E-state index contributed by atoms with van der Waals surface area (Å²) in [5.41, 5.74) is 5.87. The molecule has 104 valence electrons. The molecule has 0 spiro atoms. The predicted octanol–water partition coefficient (Wildman–Crippen LogP) is 0.250. The molecule has 0 atom stereocenters. The molecule has 0 aliphatic carbocycles. The van der Waals surface area contributed by atoms with E-state index in [1.54, 1.807) is 32.3 Å². The molecule has 1 aromatic rings. The second-order valence-electron chi connectivity index (χ2n) is 3.99. The van der Waals surface area contributed by atoms with Gasteiger partial charge in [-0.15, -0.1) is 0 Å². The summed E-state index contributed by atoms with van der Waals surface area (Å²) in [5, 5.41) is 6.04. The van der Waals surface area contributed by atoms with E-state index in [4.69, 9.17) is 10.6 Å². The number of nitrogens with two attached hydrogens (primary N) is 1. The number of carbonyl (C=O) groups is 1. The number of rotatable bonds is 5. The van der Waals surface area contributed by atoms with Crippen molar-refractivity contribution < 1.29 is 14.0 Å². The van der Waals surface area contributed by atoms with Crippen molar-refractivity contribution in [3.63, 3.8) is 0 Å². The molecule has 3 N–H and O–H groups in total. The molecule has 0 saturated carbocycles. The first-order valence-electron chi connectivity index (χ1n) is 5.63. The number of guanidine groups is 1. The molecule has 7 heteroatoms. The van der Waals surface area contributed by atoms with Crippen molar-refractivity contribution in [1.82, 2.24) is 10.2 Å². The highest BCUT2D eigenvalue weighted by Crippen LogP contribution is 2.05. The number of nitrogens with zero attached hydrogens (tertiary/aromatic N) is 2. The maximum atomic E-state index is 13.3. The highest BCUT2D eigenvalue weighted by atomic mass is 19.1. The van der Waals surface area contributed by atoms with Crippen molar-refractivity contribution >= 4 is 11.9 Å². The molecule has 0 radical (unpaired) electrons. The van der Waals surface area contributed by atoms with Crippen LogP contribution in [0.25, 0.3) is 0 Å². The maximum absolute atomic E-state index is 13.3. The summed E-state index contributed by atoms with van der Waals surface area (Å²) < 4.78 is 13.3. The van der Waals surface area contributed by atoms with Gasteiger partial charge >= 0.3 is 0 Å². The van der Waals surface area contributed by atoms with Gasteiger partial charge in [0, 0.05) is 26.2 Å². The number of benzene rings is 1. The summed E-state index contributed by atoms with van der Waals surface area (Å²) in [5.74, 6) is -0.612. The summed E-state index contributed by atoms with van der Waals surface area (Å²) in [4.78, 5) is 17.7. The van der Waals surface area contributed by atoms with Crippen LogP contribution in [0.2, 0.25) is 0 Å². The Morgan fingerprint density at radius 1 is 1.47 bits per heavy atom. The minimum atomic E-state index is -0.404. The molecular weight excluding hydrogens is 251 g/mol. The van der Waals surface area contributed by atoms with Crippen molar-refractivity contribution in [3.8, 4) is 0 Å². The van der Waals surface area contributed by atoms with Gasteiger partial charge in [0.2, 0.25) is 5.96 Å². The molecular formula is C12H17FN4O2. The minimum absolute atomic E-state index is 0.0990. The zero-order valence-corrected chi connectivity index (χ0v) is 10.9. The topological polar surface area (TPSA) is 79.9 Å². The normalized spacial score (nSPS) is 11.0. The Hall–Kier alpha value is -2.31. The number of amides is 1. The third-order valence-corrected chi connectivity index (χ3v) is 2.25. The van der Waals surface area contributed by atoms with E-state index in [0.29, 0.717) is 5.56 Å². The number of hydrogen-bond acceptors (Lipinski definition) is 3. The van der Waals surface area contributed by atoms with Crippen molar-refractivity contribution in [2.24, 2.45) is 10.9 Å². The van der Waals surface area contributed by atoms with Crippen LogP contribution in [0.3, 0.4) is 0 Å². The van der Waals surface area contributed by atoms with Gasteiger partial charge < -0.3 is 20.8 Å². The highest BCUT2D eigenvalue weighted by molar-refractivity contribution is 5.78. The van der Waals surface area contributed by atoms with Gasteiger partial charge in [0.25, 0.3) is 5.91 Å². The largest absolute Gasteiger partial charge is 0.383 e. The fraction of sp³-hybridized carbons (Fsp3) is 0.333. The van der Waals surface area contributed by atoms with E-state index in [-0.39, 0.29) is 24.9 Å². The molecule has 0 fully saturated rings. The predicted molar refractivity (Wildman–Crippen MR) is 69.5 cm³/mol. The lowest BCUT2D eigenvalue weighted by Gasteiger charge is -2.09. The zero-order valence-electron chi connectivity index (χ0n) is 10.9. The Morgan fingerprint density at radius 2 is 2.16 bits per heavy atom. The summed E-state index contributed by atoms with van der Waals surface area (Å²) in [6.45, 7) is -0.176.